The second kappa shape index (κ2) is 16.7. The summed E-state index contributed by atoms with van der Waals surface area (Å²) in [6, 6.07) is 99.2. The average Bonchev–Trinajstić information content (AvgIpc) is 3.96. The van der Waals surface area contributed by atoms with Crippen molar-refractivity contribution in [2.24, 2.45) is 0 Å². The Labute approximate surface area is 402 Å². The SMILES string of the molecule is c1ccc(-c2ccccc2-c2ccc(N(c3ccc(-c4ccc5c(c4)oc4ccccc45)cc3)c3cccc(-c4cccc5c4-c4ccccc4C5(c4ccccc4)c4ccccc4)c3)cc2)cc1. The van der Waals surface area contributed by atoms with Gasteiger partial charge in [0.25, 0.3) is 0 Å². The number of nitrogens with zero attached hydrogens (tertiary/aromatic N) is 1. The molecule has 13 rings (SSSR count). The van der Waals surface area contributed by atoms with Crippen LogP contribution in [0.2, 0.25) is 0 Å². The molecule has 1 heterocycles. The molecular weight excluding hydrogens is 835 g/mol. The lowest BCUT2D eigenvalue weighted by Gasteiger charge is -2.34. The van der Waals surface area contributed by atoms with E-state index in [9.17, 15) is 0 Å². The van der Waals surface area contributed by atoms with Crippen LogP contribution in [0.1, 0.15) is 22.3 Å². The molecule has 1 aliphatic rings. The molecule has 69 heavy (non-hydrogen) atoms. The van der Waals surface area contributed by atoms with Gasteiger partial charge < -0.3 is 9.32 Å². The molecule has 0 atom stereocenters. The largest absolute Gasteiger partial charge is 0.456 e. The van der Waals surface area contributed by atoms with Gasteiger partial charge in [0.05, 0.1) is 5.41 Å². The Kier molecular flexibility index (Phi) is 9.77. The van der Waals surface area contributed by atoms with E-state index in [0.29, 0.717) is 0 Å². The van der Waals surface area contributed by atoms with E-state index in [-0.39, 0.29) is 0 Å². The van der Waals surface area contributed by atoms with Crippen LogP contribution in [0.5, 0.6) is 0 Å². The van der Waals surface area contributed by atoms with E-state index in [1.54, 1.807) is 0 Å². The number of furan rings is 1. The first-order valence-corrected chi connectivity index (χ1v) is 23.7. The van der Waals surface area contributed by atoms with Crippen molar-refractivity contribution in [3.05, 3.63) is 295 Å². The molecular formula is C67H45NO. The molecule has 0 amide bonds. The van der Waals surface area contributed by atoms with Crippen molar-refractivity contribution in [1.82, 2.24) is 0 Å². The number of hydrogen-bond acceptors (Lipinski definition) is 2. The fourth-order valence-electron chi connectivity index (χ4n) is 11.1. The summed E-state index contributed by atoms with van der Waals surface area (Å²) in [5, 5.41) is 2.27. The quantitative estimate of drug-likeness (QED) is 0.144. The summed E-state index contributed by atoms with van der Waals surface area (Å²) < 4.78 is 6.31. The molecule has 11 aromatic carbocycles. The molecule has 0 aliphatic heterocycles. The van der Waals surface area contributed by atoms with Crippen molar-refractivity contribution in [2.75, 3.05) is 4.90 Å². The molecule has 0 spiro atoms. The topological polar surface area (TPSA) is 16.4 Å². The minimum Gasteiger partial charge on any atom is -0.456 e. The van der Waals surface area contributed by atoms with Crippen LogP contribution in [0.3, 0.4) is 0 Å². The standard InChI is InChI=1S/C67H45NO/c1-4-18-47(19-5-1)56-26-10-11-27-57(56)48-36-41-54(42-37-48)68(53-39-34-46(35-40-53)49-38-43-60-59-28-13-15-33-64(59)69-65(60)45-49)55-25-16-20-50(44-55)58-30-17-32-63-66(58)61-29-12-14-31-62(61)67(63,51-21-6-2-7-22-51)52-23-8-3-9-24-52/h1-45H. The van der Waals surface area contributed by atoms with Crippen molar-refractivity contribution >= 4 is 39.0 Å². The highest BCUT2D eigenvalue weighted by Crippen LogP contribution is 2.58. The third-order valence-electron chi connectivity index (χ3n) is 14.2. The summed E-state index contributed by atoms with van der Waals surface area (Å²) in [5.74, 6) is 0. The molecule has 324 valence electrons. The van der Waals surface area contributed by atoms with Gasteiger partial charge in [-0.2, -0.15) is 0 Å². The number of rotatable bonds is 9. The van der Waals surface area contributed by atoms with Crippen LogP contribution in [0.25, 0.3) is 77.6 Å². The van der Waals surface area contributed by atoms with E-state index < -0.39 is 5.41 Å². The van der Waals surface area contributed by atoms with Crippen LogP contribution in [0.4, 0.5) is 17.1 Å². The number of para-hydroxylation sites is 1. The van der Waals surface area contributed by atoms with Gasteiger partial charge >= 0.3 is 0 Å². The Morgan fingerprint density at radius 1 is 0.275 bits per heavy atom. The molecule has 0 N–H and O–H groups in total. The maximum Gasteiger partial charge on any atom is 0.136 e. The summed E-state index contributed by atoms with van der Waals surface area (Å²) in [4.78, 5) is 2.39. The lowest BCUT2D eigenvalue weighted by molar-refractivity contribution is 0.669. The van der Waals surface area contributed by atoms with E-state index in [4.69, 9.17) is 4.42 Å². The highest BCUT2D eigenvalue weighted by Gasteiger charge is 2.46. The Balaban J connectivity index is 0.949. The summed E-state index contributed by atoms with van der Waals surface area (Å²) in [7, 11) is 0. The summed E-state index contributed by atoms with van der Waals surface area (Å²) in [6.07, 6.45) is 0. The van der Waals surface area contributed by atoms with Gasteiger partial charge in [-0.15, -0.1) is 0 Å². The van der Waals surface area contributed by atoms with Gasteiger partial charge in [-0.05, 0) is 132 Å². The van der Waals surface area contributed by atoms with E-state index in [1.807, 2.05) is 12.1 Å². The third-order valence-corrected chi connectivity index (χ3v) is 14.2. The van der Waals surface area contributed by atoms with Crippen LogP contribution in [-0.2, 0) is 5.41 Å². The van der Waals surface area contributed by atoms with Gasteiger partial charge in [-0.1, -0.05) is 218 Å². The van der Waals surface area contributed by atoms with Gasteiger partial charge in [0.2, 0.25) is 0 Å². The van der Waals surface area contributed by atoms with E-state index in [0.717, 1.165) is 55.7 Å². The monoisotopic (exact) mass is 879 g/mol. The van der Waals surface area contributed by atoms with Gasteiger partial charge in [0.1, 0.15) is 11.2 Å². The molecule has 0 bridgehead atoms. The van der Waals surface area contributed by atoms with Crippen molar-refractivity contribution in [1.29, 1.82) is 0 Å². The van der Waals surface area contributed by atoms with Crippen molar-refractivity contribution < 1.29 is 4.42 Å². The number of anilines is 3. The maximum atomic E-state index is 6.31. The first-order chi connectivity index (χ1) is 34.2. The van der Waals surface area contributed by atoms with Crippen molar-refractivity contribution in [3.63, 3.8) is 0 Å². The van der Waals surface area contributed by atoms with Gasteiger partial charge in [0.15, 0.2) is 0 Å². The summed E-state index contributed by atoms with van der Waals surface area (Å²) >= 11 is 0. The first kappa shape index (κ1) is 40.3. The Morgan fingerprint density at radius 3 is 1.46 bits per heavy atom. The predicted molar refractivity (Wildman–Crippen MR) is 287 cm³/mol. The second-order valence-electron chi connectivity index (χ2n) is 18.0. The minimum absolute atomic E-state index is 0.480. The van der Waals surface area contributed by atoms with Gasteiger partial charge in [-0.3, -0.25) is 0 Å². The maximum absolute atomic E-state index is 6.31. The molecule has 12 aromatic rings. The number of benzene rings is 11. The lowest BCUT2D eigenvalue weighted by Crippen LogP contribution is -2.28. The lowest BCUT2D eigenvalue weighted by atomic mass is 9.67. The molecule has 0 unspecified atom stereocenters. The highest BCUT2D eigenvalue weighted by atomic mass is 16.3. The number of hydrogen-bond donors (Lipinski definition) is 0. The highest BCUT2D eigenvalue weighted by molar-refractivity contribution is 6.06. The van der Waals surface area contributed by atoms with E-state index in [1.165, 1.54) is 61.2 Å². The molecule has 0 saturated heterocycles. The summed E-state index contributed by atoms with van der Waals surface area (Å²) in [6.45, 7) is 0. The molecule has 0 saturated carbocycles. The molecule has 0 radical (unpaired) electrons. The van der Waals surface area contributed by atoms with Gasteiger partial charge in [-0.25, -0.2) is 0 Å². The van der Waals surface area contributed by atoms with Crippen LogP contribution < -0.4 is 4.90 Å². The second-order valence-corrected chi connectivity index (χ2v) is 18.0. The Morgan fingerprint density at radius 2 is 0.768 bits per heavy atom. The van der Waals surface area contributed by atoms with Gasteiger partial charge in [0, 0.05) is 27.8 Å². The third kappa shape index (κ3) is 6.72. The molecule has 0 fully saturated rings. The predicted octanol–water partition coefficient (Wildman–Crippen LogP) is 18.1. The Bertz CT molecular complexity index is 3780. The molecule has 1 aliphatic carbocycles. The van der Waals surface area contributed by atoms with Crippen molar-refractivity contribution in [2.45, 2.75) is 5.41 Å². The van der Waals surface area contributed by atoms with Crippen LogP contribution in [-0.4, -0.2) is 0 Å². The van der Waals surface area contributed by atoms with Crippen LogP contribution in [0.15, 0.2) is 277 Å². The fraction of sp³-hybridized carbons (Fsp3) is 0.0149. The first-order valence-electron chi connectivity index (χ1n) is 23.7. The normalized spacial score (nSPS) is 12.5. The zero-order chi connectivity index (χ0) is 45.7. The molecule has 1 aromatic heterocycles. The smallest absolute Gasteiger partial charge is 0.136 e. The van der Waals surface area contributed by atoms with Crippen molar-refractivity contribution in [3.8, 4) is 55.6 Å². The Hall–Kier alpha value is -8.98. The molecule has 2 nitrogen and oxygen atoms in total. The molecule has 2 heteroatoms. The average molecular weight is 880 g/mol. The van der Waals surface area contributed by atoms with Crippen LogP contribution >= 0.6 is 0 Å². The van der Waals surface area contributed by atoms with E-state index >= 15 is 0 Å². The van der Waals surface area contributed by atoms with E-state index in [2.05, 4.69) is 266 Å². The summed E-state index contributed by atoms with van der Waals surface area (Å²) in [5.41, 5.74) is 21.6. The van der Waals surface area contributed by atoms with Crippen LogP contribution in [0, 0.1) is 0 Å². The zero-order valence-corrected chi connectivity index (χ0v) is 37.8. The minimum atomic E-state index is -0.480. The number of fused-ring (bicyclic) bond motifs is 6. The fourth-order valence-corrected chi connectivity index (χ4v) is 11.1. The zero-order valence-electron chi connectivity index (χ0n) is 37.8.